The van der Waals surface area contributed by atoms with E-state index in [1.807, 2.05) is 18.2 Å². The molecule has 1 fully saturated rings. The molecule has 1 aliphatic rings. The van der Waals surface area contributed by atoms with Gasteiger partial charge in [-0.25, -0.2) is 0 Å². The molecule has 19 heavy (non-hydrogen) atoms. The maximum Gasteiger partial charge on any atom is 0.0465 e. The highest BCUT2D eigenvalue weighted by Gasteiger charge is 2.17. The summed E-state index contributed by atoms with van der Waals surface area (Å²) in [5, 5.41) is 1.46. The molecule has 0 aromatic heterocycles. The van der Waals surface area contributed by atoms with Gasteiger partial charge in [-0.05, 0) is 37.2 Å². The Kier molecular flexibility index (Phi) is 5.92. The molecule has 2 N–H and O–H groups in total. The van der Waals surface area contributed by atoms with Crippen LogP contribution in [0.4, 0.5) is 0 Å². The molecular weight excluding hydrogens is 281 g/mol. The van der Waals surface area contributed by atoms with Gasteiger partial charge in [-0.2, -0.15) is 0 Å². The topological polar surface area (TPSA) is 32.5 Å². The van der Waals surface area contributed by atoms with Crippen molar-refractivity contribution >= 4 is 23.2 Å². The third-order valence-electron chi connectivity index (χ3n) is 3.55. The Morgan fingerprint density at radius 2 is 1.74 bits per heavy atom. The summed E-state index contributed by atoms with van der Waals surface area (Å²) >= 11 is 12.1. The van der Waals surface area contributed by atoms with Crippen molar-refractivity contribution in [3.8, 4) is 0 Å². The fourth-order valence-electron chi connectivity index (χ4n) is 2.38. The second-order valence-electron chi connectivity index (χ2n) is 5.00. The molecule has 1 saturated heterocycles. The third-order valence-corrected chi connectivity index (χ3v) is 4.14. The molecule has 1 aromatic carbocycles. The summed E-state index contributed by atoms with van der Waals surface area (Å²) in [7, 11) is 0. The third kappa shape index (κ3) is 4.62. The van der Waals surface area contributed by atoms with Gasteiger partial charge in [0.25, 0.3) is 0 Å². The summed E-state index contributed by atoms with van der Waals surface area (Å²) < 4.78 is 0. The Bertz CT molecular complexity index is 404. The smallest absolute Gasteiger partial charge is 0.0465 e. The van der Waals surface area contributed by atoms with Crippen LogP contribution >= 0.6 is 23.2 Å². The fraction of sp³-hybridized carbons (Fsp3) is 0.571. The Balaban J connectivity index is 1.82. The predicted molar refractivity (Wildman–Crippen MR) is 81.9 cm³/mol. The molecule has 0 unspecified atom stereocenters. The second-order valence-corrected chi connectivity index (χ2v) is 5.84. The van der Waals surface area contributed by atoms with Crippen LogP contribution in [0.1, 0.15) is 12.0 Å². The summed E-state index contributed by atoms with van der Waals surface area (Å²) in [5.74, 6) is 0. The van der Waals surface area contributed by atoms with E-state index >= 15 is 0 Å². The van der Waals surface area contributed by atoms with Crippen molar-refractivity contribution in [3.05, 3.63) is 33.8 Å². The quantitative estimate of drug-likeness (QED) is 0.907. The first-order valence-electron chi connectivity index (χ1n) is 6.78. The van der Waals surface area contributed by atoms with Crippen LogP contribution in [0.2, 0.25) is 10.0 Å². The summed E-state index contributed by atoms with van der Waals surface area (Å²) in [6, 6.07) is 5.74. The average Bonchev–Trinajstić information content (AvgIpc) is 2.41. The zero-order chi connectivity index (χ0) is 13.7. The van der Waals surface area contributed by atoms with Crippen molar-refractivity contribution < 1.29 is 0 Å². The number of rotatable bonds is 5. The molecule has 0 aliphatic carbocycles. The number of piperazine rings is 1. The minimum atomic E-state index is 0.695. The van der Waals surface area contributed by atoms with Crippen molar-refractivity contribution in [1.82, 2.24) is 9.80 Å². The maximum absolute atomic E-state index is 6.21. The van der Waals surface area contributed by atoms with E-state index in [1.165, 1.54) is 0 Å². The zero-order valence-corrected chi connectivity index (χ0v) is 12.6. The molecule has 1 aromatic rings. The van der Waals surface area contributed by atoms with E-state index in [0.29, 0.717) is 5.02 Å². The lowest BCUT2D eigenvalue weighted by molar-refractivity contribution is 0.127. The van der Waals surface area contributed by atoms with E-state index < -0.39 is 0 Å². The van der Waals surface area contributed by atoms with Gasteiger partial charge in [0.1, 0.15) is 0 Å². The lowest BCUT2D eigenvalue weighted by atomic mass is 10.2. The van der Waals surface area contributed by atoms with Crippen LogP contribution in [0.25, 0.3) is 0 Å². The first kappa shape index (κ1) is 15.1. The number of hydrogen-bond acceptors (Lipinski definition) is 3. The van der Waals surface area contributed by atoms with E-state index in [-0.39, 0.29) is 0 Å². The molecule has 0 spiro atoms. The van der Waals surface area contributed by atoms with Gasteiger partial charge >= 0.3 is 0 Å². The van der Waals surface area contributed by atoms with E-state index in [0.717, 1.165) is 62.8 Å². The fourth-order valence-corrected chi connectivity index (χ4v) is 2.84. The van der Waals surface area contributed by atoms with E-state index in [9.17, 15) is 0 Å². The highest BCUT2D eigenvalue weighted by molar-refractivity contribution is 6.35. The van der Waals surface area contributed by atoms with Gasteiger partial charge in [-0.3, -0.25) is 4.90 Å². The molecule has 0 bridgehead atoms. The lowest BCUT2D eigenvalue weighted by Gasteiger charge is -2.34. The first-order valence-corrected chi connectivity index (χ1v) is 7.53. The molecule has 5 heteroatoms. The summed E-state index contributed by atoms with van der Waals surface area (Å²) in [5.41, 5.74) is 6.70. The molecule has 1 heterocycles. The molecule has 0 amide bonds. The molecule has 1 aliphatic heterocycles. The van der Waals surface area contributed by atoms with Gasteiger partial charge < -0.3 is 10.6 Å². The van der Waals surface area contributed by atoms with E-state index in [4.69, 9.17) is 28.9 Å². The van der Waals surface area contributed by atoms with Gasteiger partial charge in [-0.15, -0.1) is 0 Å². The number of hydrogen-bond donors (Lipinski definition) is 1. The van der Waals surface area contributed by atoms with Crippen molar-refractivity contribution in [2.75, 3.05) is 39.3 Å². The standard InChI is InChI=1S/C14H21Cl2N3/c15-13-3-2-12(14(16)10-13)11-19-8-6-18(7-9-19)5-1-4-17/h2-3,10H,1,4-9,11,17H2. The number of halogens is 2. The molecule has 3 nitrogen and oxygen atoms in total. The monoisotopic (exact) mass is 301 g/mol. The van der Waals surface area contributed by atoms with Gasteiger partial charge in [0.05, 0.1) is 0 Å². The molecule has 106 valence electrons. The number of nitrogens with two attached hydrogens (primary N) is 1. The van der Waals surface area contributed by atoms with Crippen LogP contribution in [-0.2, 0) is 6.54 Å². The minimum absolute atomic E-state index is 0.695. The van der Waals surface area contributed by atoms with Gasteiger partial charge in [-0.1, -0.05) is 29.3 Å². The molecule has 0 saturated carbocycles. The Morgan fingerprint density at radius 1 is 1.05 bits per heavy atom. The molecular formula is C14H21Cl2N3. The van der Waals surface area contributed by atoms with Crippen molar-refractivity contribution in [2.24, 2.45) is 5.73 Å². The normalized spacial score (nSPS) is 17.8. The number of benzene rings is 1. The van der Waals surface area contributed by atoms with Crippen molar-refractivity contribution in [3.63, 3.8) is 0 Å². The zero-order valence-electron chi connectivity index (χ0n) is 11.1. The first-order chi connectivity index (χ1) is 9.19. The predicted octanol–water partition coefficient (Wildman–Crippen LogP) is 2.46. The summed E-state index contributed by atoms with van der Waals surface area (Å²) in [6.45, 7) is 7.21. The van der Waals surface area contributed by atoms with E-state index in [1.54, 1.807) is 0 Å². The van der Waals surface area contributed by atoms with Crippen LogP contribution in [0.3, 0.4) is 0 Å². The van der Waals surface area contributed by atoms with Gasteiger partial charge in [0, 0.05) is 42.8 Å². The van der Waals surface area contributed by atoms with Crippen molar-refractivity contribution in [1.29, 1.82) is 0 Å². The van der Waals surface area contributed by atoms with Gasteiger partial charge in [0.15, 0.2) is 0 Å². The molecule has 2 rings (SSSR count). The molecule has 0 radical (unpaired) electrons. The van der Waals surface area contributed by atoms with Crippen LogP contribution in [0.15, 0.2) is 18.2 Å². The van der Waals surface area contributed by atoms with E-state index in [2.05, 4.69) is 9.80 Å². The lowest BCUT2D eigenvalue weighted by Crippen LogP contribution is -2.46. The average molecular weight is 302 g/mol. The van der Waals surface area contributed by atoms with Crippen molar-refractivity contribution in [2.45, 2.75) is 13.0 Å². The Hall–Kier alpha value is -0.320. The highest BCUT2D eigenvalue weighted by atomic mass is 35.5. The van der Waals surface area contributed by atoms with Crippen LogP contribution in [0.5, 0.6) is 0 Å². The van der Waals surface area contributed by atoms with Crippen LogP contribution < -0.4 is 5.73 Å². The second kappa shape index (κ2) is 7.46. The largest absolute Gasteiger partial charge is 0.330 e. The Labute approximate surface area is 125 Å². The maximum atomic E-state index is 6.21. The SMILES string of the molecule is NCCCN1CCN(Cc2ccc(Cl)cc2Cl)CC1. The highest BCUT2D eigenvalue weighted by Crippen LogP contribution is 2.22. The Morgan fingerprint density at radius 3 is 2.37 bits per heavy atom. The summed E-state index contributed by atoms with van der Waals surface area (Å²) in [6.07, 6.45) is 1.09. The van der Waals surface area contributed by atoms with Crippen LogP contribution in [0, 0.1) is 0 Å². The minimum Gasteiger partial charge on any atom is -0.330 e. The summed E-state index contributed by atoms with van der Waals surface area (Å²) in [4.78, 5) is 4.92. The number of nitrogens with zero attached hydrogens (tertiary/aromatic N) is 2. The van der Waals surface area contributed by atoms with Gasteiger partial charge in [0.2, 0.25) is 0 Å². The molecule has 0 atom stereocenters. The van der Waals surface area contributed by atoms with Crippen LogP contribution in [-0.4, -0.2) is 49.1 Å².